The van der Waals surface area contributed by atoms with Gasteiger partial charge in [0.1, 0.15) is 0 Å². The van der Waals surface area contributed by atoms with Gasteiger partial charge in [0.25, 0.3) is 5.91 Å². The Morgan fingerprint density at radius 1 is 1.15 bits per heavy atom. The van der Waals surface area contributed by atoms with Gasteiger partial charge in [-0.15, -0.1) is 0 Å². The Hall–Kier alpha value is -2.13. The molecule has 0 aliphatic carbocycles. The van der Waals surface area contributed by atoms with E-state index in [-0.39, 0.29) is 18.6 Å². The summed E-state index contributed by atoms with van der Waals surface area (Å²) in [4.78, 5) is 12.3. The summed E-state index contributed by atoms with van der Waals surface area (Å²) in [7, 11) is 0. The van der Waals surface area contributed by atoms with Gasteiger partial charge in [-0.25, -0.2) is 0 Å². The van der Waals surface area contributed by atoms with E-state index in [4.69, 9.17) is 0 Å². The lowest BCUT2D eigenvalue weighted by Crippen LogP contribution is -2.31. The number of carbonyl (C=O) groups is 1. The first kappa shape index (κ1) is 14.3. The van der Waals surface area contributed by atoms with Crippen LogP contribution in [0.5, 0.6) is 0 Å². The van der Waals surface area contributed by atoms with Crippen molar-refractivity contribution in [1.82, 2.24) is 5.32 Å². The summed E-state index contributed by atoms with van der Waals surface area (Å²) in [6.07, 6.45) is 0. The van der Waals surface area contributed by atoms with Crippen molar-refractivity contribution in [3.63, 3.8) is 0 Å². The molecule has 0 saturated carbocycles. The lowest BCUT2D eigenvalue weighted by Gasteiger charge is -2.17. The average Bonchev–Trinajstić information content (AvgIpc) is 2.48. The monoisotopic (exact) mass is 269 g/mol. The SMILES string of the molecule is Cc1ccc(C)c(C(=O)NC(CO)c2ccccc2)c1. The summed E-state index contributed by atoms with van der Waals surface area (Å²) in [5.74, 6) is -0.158. The first-order chi connectivity index (χ1) is 9.61. The molecule has 0 fully saturated rings. The van der Waals surface area contributed by atoms with Crippen LogP contribution in [-0.2, 0) is 0 Å². The second-order valence-electron chi connectivity index (χ2n) is 4.94. The van der Waals surface area contributed by atoms with E-state index >= 15 is 0 Å². The van der Waals surface area contributed by atoms with Crippen LogP contribution in [0.15, 0.2) is 48.5 Å². The number of nitrogens with one attached hydrogen (secondary N) is 1. The molecule has 2 aromatic carbocycles. The van der Waals surface area contributed by atoms with Crippen LogP contribution in [0.3, 0.4) is 0 Å². The van der Waals surface area contributed by atoms with E-state index in [0.29, 0.717) is 5.56 Å². The van der Waals surface area contributed by atoms with Gasteiger partial charge in [-0.2, -0.15) is 0 Å². The Morgan fingerprint density at radius 3 is 2.50 bits per heavy atom. The number of rotatable bonds is 4. The number of aliphatic hydroxyl groups is 1. The lowest BCUT2D eigenvalue weighted by molar-refractivity contribution is 0.0915. The van der Waals surface area contributed by atoms with Gasteiger partial charge >= 0.3 is 0 Å². The molecule has 2 aromatic rings. The number of hydrogen-bond donors (Lipinski definition) is 2. The molecule has 0 radical (unpaired) electrons. The van der Waals surface area contributed by atoms with Crippen molar-refractivity contribution in [2.45, 2.75) is 19.9 Å². The maximum Gasteiger partial charge on any atom is 0.252 e. The number of carbonyl (C=O) groups excluding carboxylic acids is 1. The summed E-state index contributed by atoms with van der Waals surface area (Å²) in [6.45, 7) is 3.74. The Kier molecular flexibility index (Phi) is 4.53. The van der Waals surface area contributed by atoms with Crippen LogP contribution < -0.4 is 5.32 Å². The summed E-state index contributed by atoms with van der Waals surface area (Å²) in [6, 6.07) is 14.9. The number of benzene rings is 2. The van der Waals surface area contributed by atoms with Crippen molar-refractivity contribution in [2.75, 3.05) is 6.61 Å². The molecule has 20 heavy (non-hydrogen) atoms. The quantitative estimate of drug-likeness (QED) is 0.896. The molecule has 1 unspecified atom stereocenters. The number of amides is 1. The third-order valence-electron chi connectivity index (χ3n) is 3.33. The minimum absolute atomic E-state index is 0.124. The summed E-state index contributed by atoms with van der Waals surface area (Å²) in [5, 5.41) is 12.4. The van der Waals surface area contributed by atoms with Crippen molar-refractivity contribution in [1.29, 1.82) is 0 Å². The molecule has 0 spiro atoms. The molecule has 0 saturated heterocycles. The standard InChI is InChI=1S/C17H19NO2/c1-12-8-9-13(2)15(10-12)17(20)18-16(11-19)14-6-4-3-5-7-14/h3-10,16,19H,11H2,1-2H3,(H,18,20). The van der Waals surface area contributed by atoms with E-state index in [9.17, 15) is 9.90 Å². The molecule has 0 heterocycles. The van der Waals surface area contributed by atoms with Gasteiger partial charge in [-0.3, -0.25) is 4.79 Å². The summed E-state index contributed by atoms with van der Waals surface area (Å²) >= 11 is 0. The molecule has 2 N–H and O–H groups in total. The van der Waals surface area contributed by atoms with Crippen LogP contribution in [-0.4, -0.2) is 17.6 Å². The van der Waals surface area contributed by atoms with E-state index in [1.165, 1.54) is 0 Å². The molecule has 0 bridgehead atoms. The van der Waals surface area contributed by atoms with Gasteiger partial charge in [-0.05, 0) is 31.0 Å². The molecule has 0 aromatic heterocycles. The highest BCUT2D eigenvalue weighted by atomic mass is 16.3. The van der Waals surface area contributed by atoms with Gasteiger partial charge < -0.3 is 10.4 Å². The highest BCUT2D eigenvalue weighted by Gasteiger charge is 2.16. The maximum atomic E-state index is 12.3. The topological polar surface area (TPSA) is 49.3 Å². The smallest absolute Gasteiger partial charge is 0.252 e. The second-order valence-corrected chi connectivity index (χ2v) is 4.94. The predicted octanol–water partition coefficient (Wildman–Crippen LogP) is 2.77. The van der Waals surface area contributed by atoms with Crippen molar-refractivity contribution >= 4 is 5.91 Å². The zero-order chi connectivity index (χ0) is 14.5. The molecular formula is C17H19NO2. The highest BCUT2D eigenvalue weighted by Crippen LogP contribution is 2.15. The van der Waals surface area contributed by atoms with Crippen LogP contribution >= 0.6 is 0 Å². The third kappa shape index (κ3) is 3.25. The van der Waals surface area contributed by atoms with Gasteiger partial charge in [0.15, 0.2) is 0 Å². The normalized spacial score (nSPS) is 11.9. The van der Waals surface area contributed by atoms with Crippen LogP contribution in [0.25, 0.3) is 0 Å². The van der Waals surface area contributed by atoms with Crippen molar-refractivity contribution in [3.05, 3.63) is 70.8 Å². The van der Waals surface area contributed by atoms with Crippen molar-refractivity contribution in [2.24, 2.45) is 0 Å². The maximum absolute atomic E-state index is 12.3. The third-order valence-corrected chi connectivity index (χ3v) is 3.33. The minimum Gasteiger partial charge on any atom is -0.394 e. The van der Waals surface area contributed by atoms with Crippen LogP contribution in [0.1, 0.15) is 33.1 Å². The molecule has 104 valence electrons. The van der Waals surface area contributed by atoms with E-state index < -0.39 is 0 Å². The van der Waals surface area contributed by atoms with Gasteiger partial charge in [-0.1, -0.05) is 48.0 Å². The zero-order valence-electron chi connectivity index (χ0n) is 11.8. The van der Waals surface area contributed by atoms with Crippen LogP contribution in [0.2, 0.25) is 0 Å². The fourth-order valence-corrected chi connectivity index (χ4v) is 2.14. The molecule has 2 rings (SSSR count). The second kappa shape index (κ2) is 6.35. The van der Waals surface area contributed by atoms with E-state index in [2.05, 4.69) is 5.32 Å². The van der Waals surface area contributed by atoms with E-state index in [1.807, 2.05) is 62.4 Å². The molecule has 1 atom stereocenters. The summed E-state index contributed by atoms with van der Waals surface area (Å²) in [5.41, 5.74) is 3.52. The molecule has 3 nitrogen and oxygen atoms in total. The first-order valence-electron chi connectivity index (χ1n) is 6.65. The first-order valence-corrected chi connectivity index (χ1v) is 6.65. The molecular weight excluding hydrogens is 250 g/mol. The number of aliphatic hydroxyl groups excluding tert-OH is 1. The fourth-order valence-electron chi connectivity index (χ4n) is 2.14. The van der Waals surface area contributed by atoms with Crippen LogP contribution in [0.4, 0.5) is 0 Å². The van der Waals surface area contributed by atoms with Gasteiger partial charge in [0, 0.05) is 5.56 Å². The van der Waals surface area contributed by atoms with E-state index in [1.54, 1.807) is 0 Å². The molecule has 0 aliphatic heterocycles. The van der Waals surface area contributed by atoms with Gasteiger partial charge in [0.05, 0.1) is 12.6 Å². The zero-order valence-corrected chi connectivity index (χ0v) is 11.8. The number of aryl methyl sites for hydroxylation is 2. The van der Waals surface area contributed by atoms with Crippen molar-refractivity contribution in [3.8, 4) is 0 Å². The lowest BCUT2D eigenvalue weighted by atomic mass is 10.0. The highest BCUT2D eigenvalue weighted by molar-refractivity contribution is 5.96. The summed E-state index contributed by atoms with van der Waals surface area (Å²) < 4.78 is 0. The fraction of sp³-hybridized carbons (Fsp3) is 0.235. The Balaban J connectivity index is 2.20. The van der Waals surface area contributed by atoms with Gasteiger partial charge in [0.2, 0.25) is 0 Å². The number of hydrogen-bond acceptors (Lipinski definition) is 2. The predicted molar refractivity (Wildman–Crippen MR) is 79.7 cm³/mol. The van der Waals surface area contributed by atoms with Crippen LogP contribution in [0, 0.1) is 13.8 Å². The molecule has 0 aliphatic rings. The Morgan fingerprint density at radius 2 is 1.85 bits per heavy atom. The largest absolute Gasteiger partial charge is 0.394 e. The average molecular weight is 269 g/mol. The van der Waals surface area contributed by atoms with E-state index in [0.717, 1.165) is 16.7 Å². The Bertz CT molecular complexity index is 593. The molecule has 3 heteroatoms. The van der Waals surface area contributed by atoms with Crippen molar-refractivity contribution < 1.29 is 9.90 Å². The minimum atomic E-state index is -0.386. The Labute approximate surface area is 119 Å². The molecule has 1 amide bonds.